The van der Waals surface area contributed by atoms with Crippen LogP contribution in [-0.2, 0) is 4.79 Å². The molecule has 17 heavy (non-hydrogen) atoms. The van der Waals surface area contributed by atoms with E-state index in [0.717, 1.165) is 0 Å². The topological polar surface area (TPSA) is 52.9 Å². The highest BCUT2D eigenvalue weighted by Gasteiger charge is 2.17. The molecule has 0 bridgehead atoms. The van der Waals surface area contributed by atoms with Crippen molar-refractivity contribution in [2.24, 2.45) is 5.41 Å². The third kappa shape index (κ3) is 3.87. The Morgan fingerprint density at radius 1 is 1.47 bits per heavy atom. The summed E-state index contributed by atoms with van der Waals surface area (Å²) in [4.78, 5) is 11.7. The lowest BCUT2D eigenvalue weighted by atomic mass is 9.92. The van der Waals surface area contributed by atoms with Gasteiger partial charge in [-0.25, -0.2) is 4.39 Å². The second-order valence-corrected chi connectivity index (χ2v) is 5.06. The monoisotopic (exact) mass is 234 g/mol. The van der Waals surface area contributed by atoms with Gasteiger partial charge in [-0.3, -0.25) is 4.79 Å². The molecule has 0 aliphatic carbocycles. The fourth-order valence-electron chi connectivity index (χ4n) is 1.42. The summed E-state index contributed by atoms with van der Waals surface area (Å²) in [7, 11) is 0. The molecule has 0 aliphatic heterocycles. The smallest absolute Gasteiger partial charge is 0.224 e. The molecule has 0 atom stereocenters. The lowest BCUT2D eigenvalue weighted by Crippen LogP contribution is -2.20. The average Bonchev–Trinajstić information content (AvgIpc) is 2.14. The van der Waals surface area contributed by atoms with Crippen LogP contribution in [0.1, 0.15) is 32.8 Å². The first-order valence-electron chi connectivity index (χ1n) is 5.32. The Balaban J connectivity index is 2.87. The number of carbonyl (C=O) groups excluding carboxylic acids is 1. The quantitative estimate of drug-likeness (QED) is 0.854. The molecule has 3 nitrogen and oxygen atoms in total. The van der Waals surface area contributed by atoms with E-state index in [1.807, 2.05) is 20.8 Å². The second kappa shape index (κ2) is 4.96. The van der Waals surface area contributed by atoms with E-state index in [0.29, 0.717) is 6.42 Å². The maximum atomic E-state index is 13.3. The summed E-state index contributed by atoms with van der Waals surface area (Å²) >= 11 is 0. The number of nitriles is 1. The highest BCUT2D eigenvalue weighted by molar-refractivity contribution is 5.92. The summed E-state index contributed by atoms with van der Waals surface area (Å²) in [6, 6.07) is 5.91. The van der Waals surface area contributed by atoms with Crippen molar-refractivity contribution in [2.45, 2.75) is 27.2 Å². The largest absolute Gasteiger partial charge is 0.325 e. The molecule has 0 saturated carbocycles. The molecular weight excluding hydrogens is 219 g/mol. The Kier molecular flexibility index (Phi) is 3.84. The number of rotatable bonds is 2. The SMILES string of the molecule is CC(C)(C)CC(=O)Nc1cccc(F)c1C#N. The maximum Gasteiger partial charge on any atom is 0.224 e. The number of hydrogen-bond acceptors (Lipinski definition) is 2. The number of hydrogen-bond donors (Lipinski definition) is 1. The zero-order chi connectivity index (χ0) is 13.1. The van der Waals surface area contributed by atoms with Gasteiger partial charge in [-0.1, -0.05) is 26.8 Å². The molecule has 1 rings (SSSR count). The fourth-order valence-corrected chi connectivity index (χ4v) is 1.42. The number of halogens is 1. The molecule has 1 aromatic rings. The van der Waals surface area contributed by atoms with Gasteiger partial charge in [-0.15, -0.1) is 0 Å². The molecule has 90 valence electrons. The van der Waals surface area contributed by atoms with E-state index in [1.165, 1.54) is 18.2 Å². The third-order valence-corrected chi connectivity index (χ3v) is 2.09. The average molecular weight is 234 g/mol. The van der Waals surface area contributed by atoms with Crippen LogP contribution in [0.2, 0.25) is 0 Å². The van der Waals surface area contributed by atoms with E-state index in [9.17, 15) is 9.18 Å². The van der Waals surface area contributed by atoms with Crippen molar-refractivity contribution < 1.29 is 9.18 Å². The van der Waals surface area contributed by atoms with Gasteiger partial charge in [0.15, 0.2) is 0 Å². The molecule has 0 heterocycles. The Morgan fingerprint density at radius 3 is 2.65 bits per heavy atom. The molecule has 4 heteroatoms. The van der Waals surface area contributed by atoms with E-state index >= 15 is 0 Å². The molecule has 0 spiro atoms. The number of anilines is 1. The van der Waals surface area contributed by atoms with E-state index < -0.39 is 5.82 Å². The van der Waals surface area contributed by atoms with Gasteiger partial charge in [-0.2, -0.15) is 5.26 Å². The van der Waals surface area contributed by atoms with Gasteiger partial charge in [0.2, 0.25) is 5.91 Å². The van der Waals surface area contributed by atoms with E-state index in [1.54, 1.807) is 6.07 Å². The van der Waals surface area contributed by atoms with Crippen LogP contribution in [0.3, 0.4) is 0 Å². The second-order valence-electron chi connectivity index (χ2n) is 5.06. The van der Waals surface area contributed by atoms with Crippen molar-refractivity contribution in [2.75, 3.05) is 5.32 Å². The van der Waals surface area contributed by atoms with Crippen molar-refractivity contribution in [1.82, 2.24) is 0 Å². The molecule has 0 unspecified atom stereocenters. The summed E-state index contributed by atoms with van der Waals surface area (Å²) in [6.45, 7) is 5.80. The van der Waals surface area contributed by atoms with Crippen LogP contribution in [0.5, 0.6) is 0 Å². The molecular formula is C13H15FN2O. The summed E-state index contributed by atoms with van der Waals surface area (Å²) in [6.07, 6.45) is 0.314. The first-order valence-corrected chi connectivity index (χ1v) is 5.32. The van der Waals surface area contributed by atoms with Gasteiger partial charge < -0.3 is 5.32 Å². The Morgan fingerprint density at radius 2 is 2.12 bits per heavy atom. The predicted octanol–water partition coefficient (Wildman–Crippen LogP) is 3.07. The van der Waals surface area contributed by atoms with Crippen LogP contribution in [-0.4, -0.2) is 5.91 Å². The van der Waals surface area contributed by atoms with E-state index in [2.05, 4.69) is 5.32 Å². The normalized spacial score (nSPS) is 10.8. The first-order chi connectivity index (χ1) is 7.83. The van der Waals surface area contributed by atoms with Gasteiger partial charge in [-0.05, 0) is 17.5 Å². The predicted molar refractivity (Wildman–Crippen MR) is 63.8 cm³/mol. The first kappa shape index (κ1) is 13.2. The summed E-state index contributed by atoms with van der Waals surface area (Å²) in [5.41, 5.74) is -0.0546. The Labute approximate surface area is 100 Å². The summed E-state index contributed by atoms with van der Waals surface area (Å²) in [5, 5.41) is 11.4. The number of benzene rings is 1. The van der Waals surface area contributed by atoms with E-state index in [4.69, 9.17) is 5.26 Å². The van der Waals surface area contributed by atoms with Crippen LogP contribution in [0, 0.1) is 22.6 Å². The minimum atomic E-state index is -0.624. The van der Waals surface area contributed by atoms with Crippen molar-refractivity contribution >= 4 is 11.6 Å². The van der Waals surface area contributed by atoms with Crippen LogP contribution in [0.4, 0.5) is 10.1 Å². The summed E-state index contributed by atoms with van der Waals surface area (Å²) < 4.78 is 13.3. The minimum Gasteiger partial charge on any atom is -0.325 e. The van der Waals surface area contributed by atoms with Crippen molar-refractivity contribution in [3.05, 3.63) is 29.6 Å². The maximum absolute atomic E-state index is 13.3. The zero-order valence-corrected chi connectivity index (χ0v) is 10.2. The molecule has 1 amide bonds. The lowest BCUT2D eigenvalue weighted by molar-refractivity contribution is -0.117. The standard InChI is InChI=1S/C13H15FN2O/c1-13(2,3)7-12(17)16-11-6-4-5-10(14)9(11)8-15/h4-6H,7H2,1-3H3,(H,16,17). The van der Waals surface area contributed by atoms with Crippen LogP contribution in [0.15, 0.2) is 18.2 Å². The van der Waals surface area contributed by atoms with Crippen LogP contribution >= 0.6 is 0 Å². The molecule has 0 fully saturated rings. The van der Waals surface area contributed by atoms with Crippen molar-refractivity contribution in [3.63, 3.8) is 0 Å². The van der Waals surface area contributed by atoms with Crippen LogP contribution in [0.25, 0.3) is 0 Å². The fraction of sp³-hybridized carbons (Fsp3) is 0.385. The van der Waals surface area contributed by atoms with Gasteiger partial charge in [0.05, 0.1) is 5.69 Å². The highest BCUT2D eigenvalue weighted by Crippen LogP contribution is 2.22. The van der Waals surface area contributed by atoms with Crippen molar-refractivity contribution in [1.29, 1.82) is 5.26 Å². The van der Waals surface area contributed by atoms with Crippen LogP contribution < -0.4 is 5.32 Å². The molecule has 0 radical (unpaired) electrons. The third-order valence-electron chi connectivity index (χ3n) is 2.09. The number of nitrogens with one attached hydrogen (secondary N) is 1. The minimum absolute atomic E-state index is 0.130. The van der Waals surface area contributed by atoms with Gasteiger partial charge >= 0.3 is 0 Å². The Bertz CT molecular complexity index is 469. The molecule has 1 aromatic carbocycles. The molecule has 1 N–H and O–H groups in total. The van der Waals surface area contributed by atoms with Gasteiger partial charge in [0.25, 0.3) is 0 Å². The highest BCUT2D eigenvalue weighted by atomic mass is 19.1. The molecule has 0 saturated heterocycles. The lowest BCUT2D eigenvalue weighted by Gasteiger charge is -2.17. The van der Waals surface area contributed by atoms with Crippen molar-refractivity contribution in [3.8, 4) is 6.07 Å². The molecule has 0 aromatic heterocycles. The number of carbonyl (C=O) groups is 1. The van der Waals surface area contributed by atoms with E-state index in [-0.39, 0.29) is 22.6 Å². The van der Waals surface area contributed by atoms with Gasteiger partial charge in [0, 0.05) is 6.42 Å². The van der Waals surface area contributed by atoms with Gasteiger partial charge in [0.1, 0.15) is 17.4 Å². The molecule has 0 aliphatic rings. The summed E-state index contributed by atoms with van der Waals surface area (Å²) in [5.74, 6) is -0.847. The number of amides is 1. The number of nitrogens with zero attached hydrogens (tertiary/aromatic N) is 1. The zero-order valence-electron chi connectivity index (χ0n) is 10.2. The Hall–Kier alpha value is -1.89.